The zero-order valence-corrected chi connectivity index (χ0v) is 42.6. The van der Waals surface area contributed by atoms with Gasteiger partial charge >= 0.3 is 0 Å². The van der Waals surface area contributed by atoms with Crippen LogP contribution >= 0.6 is 23.1 Å². The fourth-order valence-corrected chi connectivity index (χ4v) is 11.9. The van der Waals surface area contributed by atoms with E-state index in [4.69, 9.17) is 9.72 Å². The van der Waals surface area contributed by atoms with Crippen LogP contribution in [0.4, 0.5) is 34.5 Å². The molecule has 0 saturated carbocycles. The van der Waals surface area contributed by atoms with Crippen LogP contribution < -0.4 is 35.8 Å². The number of aryl methyl sites for hydroxylation is 2. The van der Waals surface area contributed by atoms with Crippen molar-refractivity contribution >= 4 is 86.5 Å². The maximum Gasteiger partial charge on any atom is 0.262 e. The third kappa shape index (κ3) is 9.55. The molecule has 20 heteroatoms. The number of halogens is 1. The number of aromatic nitrogens is 4. The summed E-state index contributed by atoms with van der Waals surface area (Å²) >= 11 is 3.60. The van der Waals surface area contributed by atoms with E-state index in [0.29, 0.717) is 50.8 Å². The lowest BCUT2D eigenvalue weighted by atomic mass is 9.93. The molecule has 4 fully saturated rings. The molecule has 0 spiro atoms. The Kier molecular flexibility index (Phi) is 13.1. The van der Waals surface area contributed by atoms with Crippen LogP contribution in [-0.2, 0) is 21.2 Å². The van der Waals surface area contributed by atoms with Gasteiger partial charge < -0.3 is 29.7 Å². The van der Waals surface area contributed by atoms with Crippen LogP contribution in [0.25, 0.3) is 11.1 Å². The molecule has 0 aliphatic carbocycles. The molecule has 5 aromatic rings. The molecule has 3 N–H and O–H groups in total. The minimum atomic E-state index is -2.59. The van der Waals surface area contributed by atoms with Gasteiger partial charge in [0.05, 0.1) is 40.3 Å². The van der Waals surface area contributed by atoms with Crippen LogP contribution in [0.1, 0.15) is 52.0 Å². The average molecular weight is 1030 g/mol. The first-order valence-electron chi connectivity index (χ1n) is 23.9. The van der Waals surface area contributed by atoms with Crippen molar-refractivity contribution in [3.63, 3.8) is 0 Å². The Morgan fingerprint density at radius 2 is 1.60 bits per heavy atom. The number of amides is 4. The van der Waals surface area contributed by atoms with Crippen LogP contribution in [0.2, 0.25) is 0 Å². The first-order chi connectivity index (χ1) is 33.6. The largest absolute Gasteiger partial charge is 0.494 e. The van der Waals surface area contributed by atoms with Crippen molar-refractivity contribution < 1.29 is 28.5 Å². The Labute approximate surface area is 415 Å². The third-order valence-corrected chi connectivity index (χ3v) is 16.5. The Balaban J connectivity index is 0.743. The van der Waals surface area contributed by atoms with E-state index in [-0.39, 0.29) is 18.7 Å². The maximum absolute atomic E-state index is 13.4. The Bertz CT molecular complexity index is 2940. The van der Waals surface area contributed by atoms with Gasteiger partial charge in [0.15, 0.2) is 0 Å². The highest BCUT2D eigenvalue weighted by molar-refractivity contribution is 9.10. The van der Waals surface area contributed by atoms with Crippen LogP contribution in [0.5, 0.6) is 5.75 Å². The summed E-state index contributed by atoms with van der Waals surface area (Å²) < 4.78 is 21.7. The van der Waals surface area contributed by atoms with Gasteiger partial charge in [0.2, 0.25) is 17.8 Å². The van der Waals surface area contributed by atoms with Gasteiger partial charge in [0.25, 0.3) is 11.8 Å². The number of methoxy groups -OCH3 is 1. The summed E-state index contributed by atoms with van der Waals surface area (Å²) in [5.41, 5.74) is 7.05. The van der Waals surface area contributed by atoms with Gasteiger partial charge in [-0.25, -0.2) is 4.98 Å². The number of nitrogens with one attached hydrogen (secondary N) is 3. The highest BCUT2D eigenvalue weighted by atomic mass is 79.9. The summed E-state index contributed by atoms with van der Waals surface area (Å²) in [6.07, 6.45) is 8.11. The number of benzene rings is 3. The molecular weight excluding hydrogens is 976 g/mol. The standard InChI is InChI=1S/C50H58BrN12O6P/c1-30-6-9-39(44(20-30)70(4,5)68)54-46-38(51)25-52-50(57-46)55-40-22-36(32-24-53-58(2)27-32)42(23-43(40)69-3)61-18-16-59(17-19-61)26-31-12-14-60(15-13-31)34-28-62(29-34)33-7-8-35-37(21-33)49(67)63(48(35)66)41-10-11-45(64)56-47(41)65/h6-9,20-25,27,31,34,41H,10-19,26,28-29H2,1-5H3,(H,56,64,65)(H2,52,54,55,57). The topological polar surface area (TPSA) is 190 Å². The average Bonchev–Trinajstić information content (AvgIpc) is 3.86. The molecule has 366 valence electrons. The second-order valence-electron chi connectivity index (χ2n) is 19.5. The molecule has 10 rings (SSSR count). The Hall–Kier alpha value is -6.14. The number of rotatable bonds is 13. The van der Waals surface area contributed by atoms with Gasteiger partial charge in [-0.3, -0.25) is 43.9 Å². The quantitative estimate of drug-likeness (QED) is 0.0945. The molecular formula is C50H58BrN12O6P. The number of anilines is 6. The summed E-state index contributed by atoms with van der Waals surface area (Å²) in [5, 5.41) is 14.3. The number of nitrogens with zero attached hydrogens (tertiary/aromatic N) is 9. The molecule has 0 radical (unpaired) electrons. The predicted molar refractivity (Wildman–Crippen MR) is 274 cm³/mol. The lowest BCUT2D eigenvalue weighted by Gasteiger charge is -2.49. The summed E-state index contributed by atoms with van der Waals surface area (Å²) in [5.74, 6) is 0.221. The maximum atomic E-state index is 13.4. The summed E-state index contributed by atoms with van der Waals surface area (Å²) in [4.78, 5) is 71.1. The summed E-state index contributed by atoms with van der Waals surface area (Å²) in [7, 11) is 0.997. The highest BCUT2D eigenvalue weighted by Crippen LogP contribution is 2.42. The number of fused-ring (bicyclic) bond motifs is 1. The second-order valence-corrected chi connectivity index (χ2v) is 23.5. The molecule has 7 heterocycles. The van der Waals surface area contributed by atoms with E-state index >= 15 is 0 Å². The number of carbonyl (C=O) groups excluding carboxylic acids is 4. The molecule has 2 aromatic heterocycles. The third-order valence-electron chi connectivity index (χ3n) is 14.4. The number of hydrogen-bond donors (Lipinski definition) is 3. The van der Waals surface area contributed by atoms with E-state index in [1.807, 2.05) is 55.3 Å². The van der Waals surface area contributed by atoms with Gasteiger partial charge in [-0.1, -0.05) is 11.6 Å². The molecule has 3 aromatic carbocycles. The summed E-state index contributed by atoms with van der Waals surface area (Å²) in [6, 6.07) is 14.9. The zero-order chi connectivity index (χ0) is 49.0. The number of imide groups is 2. The molecule has 4 amide bonds. The SMILES string of the molecule is COc1cc(N2CCN(CC3CCN(C4CN(c5ccc6c(c5)C(=O)N(C5CCC(=O)NC5=O)C6=O)C4)CC3)CC2)c(-c2cnn(C)c2)cc1Nc1ncc(Br)c(Nc2ccc(C)cc2P(C)(C)=O)n1. The smallest absolute Gasteiger partial charge is 0.262 e. The van der Waals surface area contributed by atoms with E-state index in [1.165, 1.54) is 0 Å². The van der Waals surface area contributed by atoms with E-state index in [2.05, 4.69) is 73.7 Å². The van der Waals surface area contributed by atoms with E-state index in [0.717, 1.165) is 116 Å². The summed E-state index contributed by atoms with van der Waals surface area (Å²) in [6.45, 7) is 14.0. The molecule has 5 aliphatic heterocycles. The fraction of sp³-hybridized carbons (Fsp3) is 0.420. The van der Waals surface area contributed by atoms with Crippen molar-refractivity contribution in [2.45, 2.75) is 44.7 Å². The molecule has 1 unspecified atom stereocenters. The molecule has 0 bridgehead atoms. The van der Waals surface area contributed by atoms with Crippen molar-refractivity contribution in [1.82, 2.24) is 39.8 Å². The van der Waals surface area contributed by atoms with Crippen LogP contribution in [0.3, 0.4) is 0 Å². The van der Waals surface area contributed by atoms with Crippen molar-refractivity contribution in [2.75, 3.05) is 99.8 Å². The second kappa shape index (κ2) is 19.2. The molecule has 5 aliphatic rings. The number of piperazine rings is 1. The number of ether oxygens (including phenoxy) is 1. The minimum absolute atomic E-state index is 0.0926. The van der Waals surface area contributed by atoms with Gasteiger partial charge in [0, 0.05) is 112 Å². The van der Waals surface area contributed by atoms with E-state index < -0.39 is 30.9 Å². The van der Waals surface area contributed by atoms with E-state index in [9.17, 15) is 23.7 Å². The Morgan fingerprint density at radius 1 is 0.843 bits per heavy atom. The number of carbonyl (C=O) groups is 4. The molecule has 70 heavy (non-hydrogen) atoms. The first-order valence-corrected chi connectivity index (χ1v) is 27.3. The predicted octanol–water partition coefficient (Wildman–Crippen LogP) is 5.82. The zero-order valence-electron chi connectivity index (χ0n) is 40.1. The van der Waals surface area contributed by atoms with Crippen molar-refractivity contribution in [3.8, 4) is 16.9 Å². The number of piperidine rings is 2. The molecule has 4 saturated heterocycles. The van der Waals surface area contributed by atoms with Crippen molar-refractivity contribution in [2.24, 2.45) is 13.0 Å². The van der Waals surface area contributed by atoms with Gasteiger partial charge in [-0.15, -0.1) is 0 Å². The lowest BCUT2D eigenvalue weighted by Crippen LogP contribution is -2.61. The van der Waals surface area contributed by atoms with Crippen LogP contribution in [-0.4, -0.2) is 150 Å². The highest BCUT2D eigenvalue weighted by Gasteiger charge is 2.45. The lowest BCUT2D eigenvalue weighted by molar-refractivity contribution is -0.136. The van der Waals surface area contributed by atoms with Gasteiger partial charge in [-0.05, 0) is 111 Å². The van der Waals surface area contributed by atoms with Crippen LogP contribution in [0, 0.1) is 12.8 Å². The van der Waals surface area contributed by atoms with Gasteiger partial charge in [0.1, 0.15) is 24.8 Å². The number of likely N-dealkylation sites (tertiary alicyclic amines) is 1. The van der Waals surface area contributed by atoms with Crippen LogP contribution in [0.15, 0.2) is 71.6 Å². The normalized spacial score (nSPS) is 19.6. The van der Waals surface area contributed by atoms with Crippen molar-refractivity contribution in [3.05, 3.63) is 88.3 Å². The number of hydrogen-bond acceptors (Lipinski definition) is 15. The van der Waals surface area contributed by atoms with Gasteiger partial charge in [-0.2, -0.15) is 10.1 Å². The first kappa shape index (κ1) is 47.5. The van der Waals surface area contributed by atoms with Crippen molar-refractivity contribution in [1.29, 1.82) is 0 Å². The minimum Gasteiger partial charge on any atom is -0.494 e. The monoisotopic (exact) mass is 1030 g/mol. The molecule has 1 atom stereocenters. The molecule has 18 nitrogen and oxygen atoms in total. The fourth-order valence-electron chi connectivity index (χ4n) is 10.4. The Morgan fingerprint density at radius 3 is 2.30 bits per heavy atom. The van der Waals surface area contributed by atoms with E-state index in [1.54, 1.807) is 38.8 Å².